The summed E-state index contributed by atoms with van der Waals surface area (Å²) in [7, 11) is 0. The Morgan fingerprint density at radius 1 is 1.10 bits per heavy atom. The number of benzene rings is 2. The van der Waals surface area contributed by atoms with E-state index in [1.54, 1.807) is 23.1 Å². The molecule has 0 saturated carbocycles. The van der Waals surface area contributed by atoms with Gasteiger partial charge < -0.3 is 20.6 Å². The number of rotatable bonds is 9. The SMILES string of the molecule is CC(=O)N1CCc2c(sc(NC(=O)C(Sc3cccc(NC(=O)CCC(=O)O)c3)c3ccccc3)c2C#N)C1. The van der Waals surface area contributed by atoms with Crippen LogP contribution in [-0.2, 0) is 32.1 Å². The smallest absolute Gasteiger partial charge is 0.303 e. The molecule has 0 fully saturated rings. The van der Waals surface area contributed by atoms with Crippen molar-refractivity contribution in [3.8, 4) is 6.07 Å². The molecule has 1 aromatic heterocycles. The maximum absolute atomic E-state index is 13.7. The first-order chi connectivity index (χ1) is 18.7. The summed E-state index contributed by atoms with van der Waals surface area (Å²) in [6, 6.07) is 18.5. The lowest BCUT2D eigenvalue weighted by Crippen LogP contribution is -2.33. The Morgan fingerprint density at radius 3 is 2.56 bits per heavy atom. The molecule has 0 radical (unpaired) electrons. The van der Waals surface area contributed by atoms with Crippen LogP contribution in [0.4, 0.5) is 10.7 Å². The summed E-state index contributed by atoms with van der Waals surface area (Å²) in [5.41, 5.74) is 2.58. The monoisotopic (exact) mass is 562 g/mol. The van der Waals surface area contributed by atoms with E-state index in [4.69, 9.17) is 5.11 Å². The van der Waals surface area contributed by atoms with Crippen LogP contribution in [0.5, 0.6) is 0 Å². The van der Waals surface area contributed by atoms with Crippen LogP contribution in [0.15, 0.2) is 59.5 Å². The van der Waals surface area contributed by atoms with Crippen molar-refractivity contribution >= 4 is 57.5 Å². The normalized spacial score (nSPS) is 13.1. The molecular formula is C28H26N4O5S2. The van der Waals surface area contributed by atoms with Crippen molar-refractivity contribution in [2.75, 3.05) is 17.2 Å². The van der Waals surface area contributed by atoms with Gasteiger partial charge in [-0.1, -0.05) is 36.4 Å². The average molecular weight is 563 g/mol. The number of hydrogen-bond acceptors (Lipinski definition) is 7. The number of hydrogen-bond donors (Lipinski definition) is 3. The van der Waals surface area contributed by atoms with Gasteiger partial charge in [-0.15, -0.1) is 23.1 Å². The van der Waals surface area contributed by atoms with Crippen molar-refractivity contribution in [3.05, 3.63) is 76.2 Å². The number of fused-ring (bicyclic) bond motifs is 1. The van der Waals surface area contributed by atoms with Gasteiger partial charge in [0.25, 0.3) is 0 Å². The van der Waals surface area contributed by atoms with Crippen molar-refractivity contribution in [1.29, 1.82) is 5.26 Å². The molecule has 2 heterocycles. The molecule has 1 aliphatic heterocycles. The number of thiophene rings is 1. The molecule has 9 nitrogen and oxygen atoms in total. The molecule has 0 spiro atoms. The van der Waals surface area contributed by atoms with E-state index in [0.29, 0.717) is 35.8 Å². The van der Waals surface area contributed by atoms with Gasteiger partial charge >= 0.3 is 5.97 Å². The summed E-state index contributed by atoms with van der Waals surface area (Å²) in [5, 5.41) is 24.1. The summed E-state index contributed by atoms with van der Waals surface area (Å²) < 4.78 is 0. The Labute approximate surface area is 233 Å². The number of nitriles is 1. The first-order valence-electron chi connectivity index (χ1n) is 12.2. The van der Waals surface area contributed by atoms with Gasteiger partial charge in [0.2, 0.25) is 17.7 Å². The lowest BCUT2D eigenvalue weighted by molar-refractivity contribution is -0.138. The standard InChI is InChI=1S/C28H26N4O5S2/c1-17(33)32-13-12-21-22(15-29)28(39-23(21)16-32)31-27(37)26(18-6-3-2-4-7-18)38-20-9-5-8-19(14-20)30-24(34)10-11-25(35)36/h2-9,14,26H,10-13,16H2,1H3,(H,30,34)(H,31,37)(H,35,36). The largest absolute Gasteiger partial charge is 0.481 e. The van der Waals surface area contributed by atoms with Crippen LogP contribution in [0.3, 0.4) is 0 Å². The number of anilines is 2. The fourth-order valence-corrected chi connectivity index (χ4v) is 6.48. The van der Waals surface area contributed by atoms with Gasteiger partial charge in [-0.2, -0.15) is 5.26 Å². The second kappa shape index (κ2) is 12.6. The molecule has 0 aliphatic carbocycles. The molecule has 2 aromatic carbocycles. The lowest BCUT2D eigenvalue weighted by atomic mass is 10.0. The Balaban J connectivity index is 1.55. The van der Waals surface area contributed by atoms with Crippen LogP contribution in [0.1, 0.15) is 46.6 Å². The highest BCUT2D eigenvalue weighted by Crippen LogP contribution is 2.40. The second-order valence-corrected chi connectivity index (χ2v) is 11.2. The molecule has 3 amide bonds. The van der Waals surface area contributed by atoms with Crippen LogP contribution in [0, 0.1) is 11.3 Å². The number of amides is 3. The minimum atomic E-state index is -1.05. The van der Waals surface area contributed by atoms with Gasteiger partial charge in [0.1, 0.15) is 16.3 Å². The molecule has 1 aliphatic rings. The third-order valence-corrected chi connectivity index (χ3v) is 8.51. The van der Waals surface area contributed by atoms with Crippen LogP contribution in [0.2, 0.25) is 0 Å². The Bertz CT molecular complexity index is 1450. The van der Waals surface area contributed by atoms with Crippen LogP contribution in [-0.4, -0.2) is 40.2 Å². The van der Waals surface area contributed by atoms with E-state index in [-0.39, 0.29) is 24.7 Å². The van der Waals surface area contributed by atoms with E-state index < -0.39 is 17.1 Å². The molecule has 11 heteroatoms. The Morgan fingerprint density at radius 2 is 1.87 bits per heavy atom. The molecule has 200 valence electrons. The molecule has 1 unspecified atom stereocenters. The summed E-state index contributed by atoms with van der Waals surface area (Å²) >= 11 is 2.62. The zero-order valence-corrected chi connectivity index (χ0v) is 22.7. The zero-order valence-electron chi connectivity index (χ0n) is 21.1. The molecule has 4 rings (SSSR count). The zero-order chi connectivity index (χ0) is 27.9. The van der Waals surface area contributed by atoms with Gasteiger partial charge in [0.05, 0.1) is 18.5 Å². The quantitative estimate of drug-likeness (QED) is 0.318. The van der Waals surface area contributed by atoms with E-state index in [1.165, 1.54) is 30.0 Å². The van der Waals surface area contributed by atoms with Crippen LogP contribution < -0.4 is 10.6 Å². The number of nitrogens with zero attached hydrogens (tertiary/aromatic N) is 2. The number of thioether (sulfide) groups is 1. The topological polar surface area (TPSA) is 140 Å². The number of carboxylic acids is 1. The lowest BCUT2D eigenvalue weighted by Gasteiger charge is -2.25. The minimum absolute atomic E-state index is 0.0287. The van der Waals surface area contributed by atoms with Crippen molar-refractivity contribution < 1.29 is 24.3 Å². The summed E-state index contributed by atoms with van der Waals surface area (Å²) in [5.74, 6) is -1.79. The molecular weight excluding hydrogens is 536 g/mol. The molecule has 3 aromatic rings. The van der Waals surface area contributed by atoms with E-state index in [9.17, 15) is 24.4 Å². The number of aliphatic carboxylic acids is 1. The highest BCUT2D eigenvalue weighted by Gasteiger charge is 2.29. The van der Waals surface area contributed by atoms with E-state index >= 15 is 0 Å². The number of carbonyl (C=O) groups excluding carboxylic acids is 3. The number of carbonyl (C=O) groups is 4. The Kier molecular flexibility index (Phi) is 9.01. The summed E-state index contributed by atoms with van der Waals surface area (Å²) in [6.45, 7) is 2.47. The van der Waals surface area contributed by atoms with Crippen molar-refractivity contribution in [3.63, 3.8) is 0 Å². The number of nitrogens with one attached hydrogen (secondary N) is 2. The maximum Gasteiger partial charge on any atom is 0.303 e. The third kappa shape index (κ3) is 7.04. The van der Waals surface area contributed by atoms with Crippen LogP contribution >= 0.6 is 23.1 Å². The third-order valence-electron chi connectivity index (χ3n) is 6.13. The van der Waals surface area contributed by atoms with E-state index in [1.807, 2.05) is 36.4 Å². The fraction of sp³-hybridized carbons (Fsp3) is 0.250. The summed E-state index contributed by atoms with van der Waals surface area (Å²) in [6.07, 6.45) is 0.157. The molecule has 0 bridgehead atoms. The van der Waals surface area contributed by atoms with Gasteiger partial charge in [0.15, 0.2) is 0 Å². The molecule has 39 heavy (non-hydrogen) atoms. The molecule has 0 saturated heterocycles. The summed E-state index contributed by atoms with van der Waals surface area (Å²) in [4.78, 5) is 51.7. The van der Waals surface area contributed by atoms with Crippen molar-refractivity contribution in [1.82, 2.24) is 4.90 Å². The van der Waals surface area contributed by atoms with Crippen molar-refractivity contribution in [2.45, 2.75) is 42.9 Å². The molecule has 3 N–H and O–H groups in total. The van der Waals surface area contributed by atoms with E-state index in [2.05, 4.69) is 16.7 Å². The van der Waals surface area contributed by atoms with Gasteiger partial charge in [-0.05, 0) is 35.7 Å². The van der Waals surface area contributed by atoms with Gasteiger partial charge in [-0.25, -0.2) is 0 Å². The Hall–Kier alpha value is -4.14. The highest BCUT2D eigenvalue weighted by atomic mass is 32.2. The second-order valence-electron chi connectivity index (χ2n) is 8.88. The molecule has 1 atom stereocenters. The van der Waals surface area contributed by atoms with Gasteiger partial charge in [-0.3, -0.25) is 19.2 Å². The van der Waals surface area contributed by atoms with Gasteiger partial charge in [0, 0.05) is 35.3 Å². The fourth-order valence-electron chi connectivity index (χ4n) is 4.18. The number of carboxylic acid groups (broad SMARTS) is 1. The highest BCUT2D eigenvalue weighted by molar-refractivity contribution is 8.00. The predicted octanol–water partition coefficient (Wildman–Crippen LogP) is 4.80. The first kappa shape index (κ1) is 27.9. The van der Waals surface area contributed by atoms with Crippen LogP contribution in [0.25, 0.3) is 0 Å². The first-order valence-corrected chi connectivity index (χ1v) is 13.9. The van der Waals surface area contributed by atoms with E-state index in [0.717, 1.165) is 20.9 Å². The average Bonchev–Trinajstić information content (AvgIpc) is 3.27. The predicted molar refractivity (Wildman–Crippen MR) is 149 cm³/mol. The minimum Gasteiger partial charge on any atom is -0.481 e. The maximum atomic E-state index is 13.7. The van der Waals surface area contributed by atoms with Crippen molar-refractivity contribution in [2.24, 2.45) is 0 Å².